The third-order valence-electron chi connectivity index (χ3n) is 6.56. The Balaban J connectivity index is 1.56. The van der Waals surface area contributed by atoms with Crippen molar-refractivity contribution < 1.29 is 18.7 Å². The minimum atomic E-state index is -0.671. The summed E-state index contributed by atoms with van der Waals surface area (Å²) in [5.74, 6) is 0.0710. The smallest absolute Gasteiger partial charge is 0.261 e. The van der Waals surface area contributed by atoms with Gasteiger partial charge in [0.25, 0.3) is 5.91 Å². The first-order valence-electron chi connectivity index (χ1n) is 12.5. The Morgan fingerprint density at radius 2 is 1.78 bits per heavy atom. The van der Waals surface area contributed by atoms with E-state index in [1.165, 1.54) is 17.7 Å². The number of carbonyl (C=O) groups excluding carboxylic acids is 2. The molecule has 0 aromatic heterocycles. The second-order valence-corrected chi connectivity index (χ2v) is 9.47. The van der Waals surface area contributed by atoms with Crippen molar-refractivity contribution in [3.8, 4) is 5.75 Å². The minimum absolute atomic E-state index is 0.105. The lowest BCUT2D eigenvalue weighted by molar-refractivity contribution is -0.136. The van der Waals surface area contributed by atoms with Gasteiger partial charge in [-0.2, -0.15) is 0 Å². The van der Waals surface area contributed by atoms with Crippen LogP contribution in [0.15, 0.2) is 72.8 Å². The highest BCUT2D eigenvalue weighted by Crippen LogP contribution is 2.38. The third-order valence-corrected chi connectivity index (χ3v) is 6.56. The summed E-state index contributed by atoms with van der Waals surface area (Å²) in [6.07, 6.45) is 0.592. The van der Waals surface area contributed by atoms with Crippen molar-refractivity contribution >= 4 is 11.8 Å². The van der Waals surface area contributed by atoms with Crippen LogP contribution in [0, 0.1) is 11.7 Å². The second-order valence-electron chi connectivity index (χ2n) is 9.47. The Morgan fingerprint density at radius 3 is 2.44 bits per heavy atom. The maximum Gasteiger partial charge on any atom is 0.261 e. The number of fused-ring (bicyclic) bond motifs is 1. The number of hydrogen-bond donors (Lipinski definition) is 1. The maximum atomic E-state index is 13.1. The molecule has 3 aromatic carbocycles. The van der Waals surface area contributed by atoms with E-state index in [9.17, 15) is 14.0 Å². The first-order chi connectivity index (χ1) is 17.4. The van der Waals surface area contributed by atoms with E-state index in [0.717, 1.165) is 23.1 Å². The number of carbonyl (C=O) groups is 2. The fourth-order valence-electron chi connectivity index (χ4n) is 4.62. The van der Waals surface area contributed by atoms with Crippen LogP contribution in [-0.4, -0.2) is 29.4 Å². The zero-order valence-corrected chi connectivity index (χ0v) is 21.0. The van der Waals surface area contributed by atoms with Gasteiger partial charge in [0.2, 0.25) is 5.91 Å². The predicted molar refractivity (Wildman–Crippen MR) is 138 cm³/mol. The molecule has 1 heterocycles. The lowest BCUT2D eigenvalue weighted by Crippen LogP contribution is -2.42. The fourth-order valence-corrected chi connectivity index (χ4v) is 4.62. The number of halogens is 1. The van der Waals surface area contributed by atoms with Crippen molar-refractivity contribution in [1.29, 1.82) is 0 Å². The molecule has 0 saturated carbocycles. The Kier molecular flexibility index (Phi) is 8.04. The van der Waals surface area contributed by atoms with Gasteiger partial charge in [-0.3, -0.25) is 9.59 Å². The van der Waals surface area contributed by atoms with E-state index >= 15 is 0 Å². The summed E-state index contributed by atoms with van der Waals surface area (Å²) in [5.41, 5.74) is 4.07. The Bertz CT molecular complexity index is 1190. The molecule has 6 heteroatoms. The van der Waals surface area contributed by atoms with Gasteiger partial charge in [-0.1, -0.05) is 69.3 Å². The van der Waals surface area contributed by atoms with Crippen molar-refractivity contribution in [3.63, 3.8) is 0 Å². The first kappa shape index (κ1) is 25.4. The molecule has 2 atom stereocenters. The van der Waals surface area contributed by atoms with Gasteiger partial charge in [0.05, 0.1) is 6.04 Å². The standard InChI is InChI=1S/C30H33FN2O3/c1-4-27(29(34)32-19-21-10-13-24(31)14-11-21)36-25-15-12-22-16-17-33(30(35)20(2)3)28(26(22)18-25)23-8-6-5-7-9-23/h5-15,18,20,27-28H,4,16-17,19H2,1-3H3,(H,32,34)/t27-,28-/m0/s1. The van der Waals surface area contributed by atoms with Gasteiger partial charge in [-0.05, 0) is 59.4 Å². The lowest BCUT2D eigenvalue weighted by Gasteiger charge is -2.39. The number of benzene rings is 3. The topological polar surface area (TPSA) is 58.6 Å². The molecule has 4 rings (SSSR count). The third kappa shape index (κ3) is 5.76. The van der Waals surface area contributed by atoms with Crippen LogP contribution in [-0.2, 0) is 22.6 Å². The van der Waals surface area contributed by atoms with Gasteiger partial charge < -0.3 is 15.0 Å². The molecule has 0 unspecified atom stereocenters. The quantitative estimate of drug-likeness (QED) is 0.460. The van der Waals surface area contributed by atoms with E-state index in [4.69, 9.17) is 4.74 Å². The molecular weight excluding hydrogens is 455 g/mol. The van der Waals surface area contributed by atoms with Crippen molar-refractivity contribution in [1.82, 2.24) is 10.2 Å². The molecule has 188 valence electrons. The highest BCUT2D eigenvalue weighted by Gasteiger charge is 2.33. The van der Waals surface area contributed by atoms with Gasteiger partial charge in [-0.15, -0.1) is 0 Å². The maximum absolute atomic E-state index is 13.1. The number of rotatable bonds is 8. The minimum Gasteiger partial charge on any atom is -0.481 e. The average Bonchev–Trinajstić information content (AvgIpc) is 2.90. The molecular formula is C30H33FN2O3. The van der Waals surface area contributed by atoms with Crippen LogP contribution in [0.1, 0.15) is 55.5 Å². The normalized spacial score (nSPS) is 15.8. The Hall–Kier alpha value is -3.67. The summed E-state index contributed by atoms with van der Waals surface area (Å²) in [6.45, 7) is 6.71. The molecule has 0 fully saturated rings. The van der Waals surface area contributed by atoms with Gasteiger partial charge >= 0.3 is 0 Å². The van der Waals surface area contributed by atoms with Crippen LogP contribution >= 0.6 is 0 Å². The summed E-state index contributed by atoms with van der Waals surface area (Å²) in [6, 6.07) is 21.8. The molecule has 0 radical (unpaired) electrons. The monoisotopic (exact) mass is 488 g/mol. The van der Waals surface area contributed by atoms with E-state index in [0.29, 0.717) is 25.3 Å². The van der Waals surface area contributed by atoms with Crippen molar-refractivity contribution in [2.75, 3.05) is 6.54 Å². The van der Waals surface area contributed by atoms with Gasteiger partial charge in [0, 0.05) is 19.0 Å². The zero-order chi connectivity index (χ0) is 25.7. The molecule has 3 aromatic rings. The number of ether oxygens (including phenoxy) is 1. The molecule has 36 heavy (non-hydrogen) atoms. The van der Waals surface area contributed by atoms with Crippen molar-refractivity contribution in [3.05, 3.63) is 101 Å². The SMILES string of the molecule is CC[C@H](Oc1ccc2c(c1)[C@H](c1ccccc1)N(C(=O)C(C)C)CC2)C(=O)NCc1ccc(F)cc1. The summed E-state index contributed by atoms with van der Waals surface area (Å²) < 4.78 is 19.3. The molecule has 1 aliphatic rings. The van der Waals surface area contributed by atoms with E-state index in [1.54, 1.807) is 12.1 Å². The van der Waals surface area contributed by atoms with Crippen LogP contribution in [0.5, 0.6) is 5.75 Å². The fraction of sp³-hybridized carbons (Fsp3) is 0.333. The van der Waals surface area contributed by atoms with Crippen LogP contribution in [0.4, 0.5) is 4.39 Å². The predicted octanol–water partition coefficient (Wildman–Crippen LogP) is 5.43. The van der Waals surface area contributed by atoms with Gasteiger partial charge in [-0.25, -0.2) is 4.39 Å². The summed E-state index contributed by atoms with van der Waals surface area (Å²) in [7, 11) is 0. The summed E-state index contributed by atoms with van der Waals surface area (Å²) in [4.78, 5) is 27.9. The number of hydrogen-bond acceptors (Lipinski definition) is 3. The lowest BCUT2D eigenvalue weighted by atomic mass is 9.87. The Morgan fingerprint density at radius 1 is 1.06 bits per heavy atom. The molecule has 0 saturated heterocycles. The molecule has 5 nitrogen and oxygen atoms in total. The number of nitrogens with one attached hydrogen (secondary N) is 1. The van der Waals surface area contributed by atoms with E-state index in [1.807, 2.05) is 74.2 Å². The van der Waals surface area contributed by atoms with E-state index in [2.05, 4.69) is 5.32 Å². The zero-order valence-electron chi connectivity index (χ0n) is 21.0. The summed E-state index contributed by atoms with van der Waals surface area (Å²) >= 11 is 0. The van der Waals surface area contributed by atoms with Gasteiger partial charge in [0.1, 0.15) is 11.6 Å². The molecule has 0 bridgehead atoms. The highest BCUT2D eigenvalue weighted by atomic mass is 19.1. The van der Waals surface area contributed by atoms with Crippen molar-refractivity contribution in [2.24, 2.45) is 5.92 Å². The van der Waals surface area contributed by atoms with E-state index in [-0.39, 0.29) is 29.6 Å². The largest absolute Gasteiger partial charge is 0.481 e. The number of nitrogens with zero attached hydrogens (tertiary/aromatic N) is 1. The molecule has 2 amide bonds. The summed E-state index contributed by atoms with van der Waals surface area (Å²) in [5, 5.41) is 2.88. The van der Waals surface area contributed by atoms with E-state index < -0.39 is 6.10 Å². The van der Waals surface area contributed by atoms with Crippen LogP contribution in [0.3, 0.4) is 0 Å². The van der Waals surface area contributed by atoms with Crippen LogP contribution in [0.2, 0.25) is 0 Å². The van der Waals surface area contributed by atoms with Crippen LogP contribution < -0.4 is 10.1 Å². The molecule has 0 spiro atoms. The van der Waals surface area contributed by atoms with Gasteiger partial charge in [0.15, 0.2) is 6.10 Å². The van der Waals surface area contributed by atoms with Crippen molar-refractivity contribution in [2.45, 2.75) is 52.3 Å². The molecule has 0 aliphatic carbocycles. The molecule has 1 N–H and O–H groups in total. The number of amides is 2. The second kappa shape index (κ2) is 11.4. The average molecular weight is 489 g/mol. The molecule has 1 aliphatic heterocycles. The van der Waals surface area contributed by atoms with Crippen LogP contribution in [0.25, 0.3) is 0 Å². The Labute approximate surface area is 212 Å². The first-order valence-corrected chi connectivity index (χ1v) is 12.5. The highest BCUT2D eigenvalue weighted by molar-refractivity contribution is 5.81.